The fourth-order valence-electron chi connectivity index (χ4n) is 1.75. The highest BCUT2D eigenvalue weighted by Gasteiger charge is 2.12. The molecule has 0 bridgehead atoms. The largest absolute Gasteiger partial charge is 0.325 e. The molecule has 0 aromatic heterocycles. The molecule has 2 aromatic rings. The van der Waals surface area contributed by atoms with Crippen molar-refractivity contribution in [3.63, 3.8) is 0 Å². The number of thioether (sulfide) groups is 1. The number of amides is 1. The average molecular weight is 372 g/mol. The summed E-state index contributed by atoms with van der Waals surface area (Å²) in [6, 6.07) is 13.9. The summed E-state index contributed by atoms with van der Waals surface area (Å²) in [7, 11) is 0. The van der Waals surface area contributed by atoms with E-state index in [1.54, 1.807) is 24.3 Å². The molecule has 0 unspecified atom stereocenters. The zero-order valence-corrected chi connectivity index (χ0v) is 13.3. The summed E-state index contributed by atoms with van der Waals surface area (Å²) in [5, 5.41) is 2.67. The molecule has 0 aliphatic heterocycles. The number of para-hydroxylation sites is 1. The highest BCUT2D eigenvalue weighted by Crippen LogP contribution is 2.31. The first-order valence-corrected chi connectivity index (χ1v) is 7.80. The van der Waals surface area contributed by atoms with E-state index in [2.05, 4.69) is 21.2 Å². The summed E-state index contributed by atoms with van der Waals surface area (Å²) >= 11 is 3.74. The Morgan fingerprint density at radius 2 is 1.81 bits per heavy atom. The van der Waals surface area contributed by atoms with Crippen molar-refractivity contribution in [2.24, 2.45) is 0 Å². The van der Waals surface area contributed by atoms with Gasteiger partial charge in [-0.25, -0.2) is 0 Å². The van der Waals surface area contributed by atoms with Crippen LogP contribution in [0, 0.1) is 0 Å². The van der Waals surface area contributed by atoms with E-state index in [4.69, 9.17) is 0 Å². The molecule has 2 rings (SSSR count). The van der Waals surface area contributed by atoms with Gasteiger partial charge in [-0.3, -0.25) is 4.79 Å². The summed E-state index contributed by atoms with van der Waals surface area (Å²) in [5.41, 5.74) is 1.26. The van der Waals surface area contributed by atoms with Crippen LogP contribution in [0.4, 0.5) is 14.5 Å². The first-order valence-electron chi connectivity index (χ1n) is 6.13. The summed E-state index contributed by atoms with van der Waals surface area (Å²) < 4.78 is 25.9. The van der Waals surface area contributed by atoms with Crippen molar-refractivity contribution in [3.05, 3.63) is 58.6 Å². The molecule has 110 valence electrons. The van der Waals surface area contributed by atoms with Crippen molar-refractivity contribution in [3.8, 4) is 0 Å². The maximum Gasteiger partial charge on any atom is 0.288 e. The molecular formula is C15H12BrF2NOS. The lowest BCUT2D eigenvalue weighted by Crippen LogP contribution is -2.15. The van der Waals surface area contributed by atoms with Gasteiger partial charge in [0.1, 0.15) is 0 Å². The molecule has 0 spiro atoms. The lowest BCUT2D eigenvalue weighted by Gasteiger charge is -2.10. The molecule has 0 aliphatic carbocycles. The van der Waals surface area contributed by atoms with Crippen LogP contribution in [0.5, 0.6) is 0 Å². The highest BCUT2D eigenvalue weighted by atomic mass is 79.9. The van der Waals surface area contributed by atoms with Crippen molar-refractivity contribution in [1.29, 1.82) is 0 Å². The topological polar surface area (TPSA) is 29.1 Å². The summed E-state index contributed by atoms with van der Waals surface area (Å²) in [5.74, 6) is -2.76. The fourth-order valence-corrected chi connectivity index (χ4v) is 2.61. The van der Waals surface area contributed by atoms with Crippen molar-refractivity contribution in [2.45, 2.75) is 17.1 Å². The molecule has 0 saturated heterocycles. The minimum atomic E-state index is -2.52. The third-order valence-corrected chi connectivity index (χ3v) is 3.97. The van der Waals surface area contributed by atoms with Gasteiger partial charge in [0.15, 0.2) is 0 Å². The Bertz CT molecular complexity index is 619. The van der Waals surface area contributed by atoms with Gasteiger partial charge in [-0.15, -0.1) is 0 Å². The van der Waals surface area contributed by atoms with Crippen LogP contribution in [-0.2, 0) is 11.2 Å². The first-order chi connectivity index (χ1) is 10.0. The minimum Gasteiger partial charge on any atom is -0.325 e. The van der Waals surface area contributed by atoms with Crippen LogP contribution < -0.4 is 5.32 Å². The molecule has 1 N–H and O–H groups in total. The van der Waals surface area contributed by atoms with Crippen molar-refractivity contribution >= 4 is 39.3 Å². The van der Waals surface area contributed by atoms with Gasteiger partial charge in [-0.2, -0.15) is 8.78 Å². The molecule has 6 heteroatoms. The van der Waals surface area contributed by atoms with E-state index < -0.39 is 5.76 Å². The molecule has 0 heterocycles. The number of hydrogen-bond acceptors (Lipinski definition) is 2. The molecular weight excluding hydrogens is 360 g/mol. The van der Waals surface area contributed by atoms with Crippen molar-refractivity contribution in [2.75, 3.05) is 5.32 Å². The van der Waals surface area contributed by atoms with Gasteiger partial charge in [0.2, 0.25) is 5.91 Å². The van der Waals surface area contributed by atoms with Crippen LogP contribution in [0.25, 0.3) is 0 Å². The van der Waals surface area contributed by atoms with E-state index in [0.29, 0.717) is 22.3 Å². The Hall–Kier alpha value is -1.40. The van der Waals surface area contributed by atoms with E-state index in [9.17, 15) is 13.6 Å². The van der Waals surface area contributed by atoms with E-state index in [1.807, 2.05) is 24.3 Å². The number of benzene rings is 2. The van der Waals surface area contributed by atoms with Crippen LogP contribution in [0.1, 0.15) is 5.56 Å². The smallest absolute Gasteiger partial charge is 0.288 e. The van der Waals surface area contributed by atoms with E-state index in [0.717, 1.165) is 10.0 Å². The number of carbonyl (C=O) groups excluding carboxylic acids is 1. The molecule has 0 fully saturated rings. The molecule has 2 nitrogen and oxygen atoms in total. The standard InChI is InChI=1S/C15H12BrF2NOS/c16-11-7-5-10(6-8-11)9-14(20)19-12-3-1-2-4-13(12)21-15(17)18/h1-8,15H,9H2,(H,19,20). The fraction of sp³-hybridized carbons (Fsp3) is 0.133. The molecule has 2 aromatic carbocycles. The molecule has 0 saturated carbocycles. The average Bonchev–Trinajstić information content (AvgIpc) is 2.43. The van der Waals surface area contributed by atoms with Crippen LogP contribution in [0.15, 0.2) is 57.9 Å². The van der Waals surface area contributed by atoms with Gasteiger partial charge >= 0.3 is 0 Å². The Morgan fingerprint density at radius 1 is 1.14 bits per heavy atom. The number of rotatable bonds is 5. The van der Waals surface area contributed by atoms with E-state index in [1.165, 1.54) is 0 Å². The number of hydrogen-bond donors (Lipinski definition) is 1. The van der Waals surface area contributed by atoms with Crippen molar-refractivity contribution in [1.82, 2.24) is 0 Å². The van der Waals surface area contributed by atoms with Gasteiger partial charge in [0.05, 0.1) is 12.1 Å². The van der Waals surface area contributed by atoms with Crippen LogP contribution >= 0.6 is 27.7 Å². The zero-order valence-electron chi connectivity index (χ0n) is 10.9. The third kappa shape index (κ3) is 5.13. The van der Waals surface area contributed by atoms with E-state index in [-0.39, 0.29) is 12.3 Å². The number of anilines is 1. The predicted molar refractivity (Wildman–Crippen MR) is 84.8 cm³/mol. The number of halogens is 3. The zero-order chi connectivity index (χ0) is 15.2. The molecule has 0 aliphatic rings. The summed E-state index contributed by atoms with van der Waals surface area (Å²) in [6.07, 6.45) is 0.195. The van der Waals surface area contributed by atoms with Crippen LogP contribution in [0.2, 0.25) is 0 Å². The normalized spacial score (nSPS) is 10.7. The second-order valence-electron chi connectivity index (χ2n) is 4.23. The van der Waals surface area contributed by atoms with Crippen molar-refractivity contribution < 1.29 is 13.6 Å². The Labute approximate surface area is 134 Å². The number of nitrogens with one attached hydrogen (secondary N) is 1. The summed E-state index contributed by atoms with van der Waals surface area (Å²) in [4.78, 5) is 12.3. The third-order valence-electron chi connectivity index (χ3n) is 2.66. The lowest BCUT2D eigenvalue weighted by atomic mass is 10.1. The predicted octanol–water partition coefficient (Wildman–Crippen LogP) is 4.95. The highest BCUT2D eigenvalue weighted by molar-refractivity contribution is 9.10. The number of alkyl halides is 2. The van der Waals surface area contributed by atoms with E-state index >= 15 is 0 Å². The second kappa shape index (κ2) is 7.56. The van der Waals surface area contributed by atoms with Crippen LogP contribution in [-0.4, -0.2) is 11.7 Å². The van der Waals surface area contributed by atoms with Gasteiger partial charge < -0.3 is 5.32 Å². The minimum absolute atomic E-state index is 0.195. The molecule has 0 radical (unpaired) electrons. The monoisotopic (exact) mass is 371 g/mol. The van der Waals surface area contributed by atoms with Gasteiger partial charge in [0, 0.05) is 9.37 Å². The summed E-state index contributed by atoms with van der Waals surface area (Å²) in [6.45, 7) is 0. The van der Waals surface area contributed by atoms with Gasteiger partial charge in [0.25, 0.3) is 5.76 Å². The molecule has 21 heavy (non-hydrogen) atoms. The quantitative estimate of drug-likeness (QED) is 0.753. The van der Waals surface area contributed by atoms with Gasteiger partial charge in [-0.05, 0) is 29.8 Å². The second-order valence-corrected chi connectivity index (χ2v) is 6.17. The number of carbonyl (C=O) groups is 1. The van der Waals surface area contributed by atoms with Crippen LogP contribution in [0.3, 0.4) is 0 Å². The Balaban J connectivity index is 2.04. The first kappa shape index (κ1) is 16.0. The lowest BCUT2D eigenvalue weighted by molar-refractivity contribution is -0.115. The Kier molecular flexibility index (Phi) is 5.76. The molecule has 1 amide bonds. The Morgan fingerprint density at radius 3 is 2.48 bits per heavy atom. The SMILES string of the molecule is O=C(Cc1ccc(Br)cc1)Nc1ccccc1SC(F)F. The van der Waals surface area contributed by atoms with Gasteiger partial charge in [-0.1, -0.05) is 52.0 Å². The maximum atomic E-state index is 12.5. The molecule has 0 atom stereocenters. The maximum absolute atomic E-state index is 12.5.